The minimum atomic E-state index is -3.73. The molecule has 0 aliphatic heterocycles. The fraction of sp³-hybridized carbons (Fsp3) is 0.235. The molecule has 27 heavy (non-hydrogen) atoms. The SMILES string of the molecule is CC(=O)/C(=C(\C)O)c1cc(NS(C)(=O)=O)c2ccccc2c1NS(C)(=O)=O. The molecule has 0 aromatic heterocycles. The monoisotopic (exact) mass is 412 g/mol. The molecule has 2 aromatic rings. The average Bonchev–Trinajstić information content (AvgIpc) is 2.47. The fourth-order valence-electron chi connectivity index (χ4n) is 2.79. The maximum absolute atomic E-state index is 12.1. The molecule has 3 N–H and O–H groups in total. The zero-order valence-corrected chi connectivity index (χ0v) is 16.8. The molecule has 8 nitrogen and oxygen atoms in total. The summed E-state index contributed by atoms with van der Waals surface area (Å²) in [5.74, 6) is -0.827. The third-order valence-corrected chi connectivity index (χ3v) is 4.78. The van der Waals surface area contributed by atoms with Gasteiger partial charge in [0.25, 0.3) is 0 Å². The van der Waals surface area contributed by atoms with Crippen LogP contribution in [0.1, 0.15) is 19.4 Å². The van der Waals surface area contributed by atoms with Gasteiger partial charge >= 0.3 is 0 Å². The van der Waals surface area contributed by atoms with Gasteiger partial charge < -0.3 is 5.11 Å². The molecule has 0 aliphatic carbocycles. The lowest BCUT2D eigenvalue weighted by molar-refractivity contribution is -0.111. The second-order valence-corrected chi connectivity index (χ2v) is 9.65. The molecule has 2 rings (SSSR count). The normalized spacial score (nSPS) is 13.2. The molecule has 0 atom stereocenters. The molecule has 0 saturated heterocycles. The summed E-state index contributed by atoms with van der Waals surface area (Å²) in [5, 5.41) is 10.8. The van der Waals surface area contributed by atoms with Gasteiger partial charge in [-0.05, 0) is 19.9 Å². The lowest BCUT2D eigenvalue weighted by Crippen LogP contribution is -2.15. The van der Waals surface area contributed by atoms with E-state index in [0.29, 0.717) is 10.8 Å². The third kappa shape index (κ3) is 4.98. The summed E-state index contributed by atoms with van der Waals surface area (Å²) in [7, 11) is -7.38. The Morgan fingerprint density at radius 3 is 1.89 bits per heavy atom. The summed E-state index contributed by atoms with van der Waals surface area (Å²) in [5.41, 5.74) is 0.175. The average molecular weight is 412 g/mol. The summed E-state index contributed by atoms with van der Waals surface area (Å²) in [6.45, 7) is 2.51. The maximum Gasteiger partial charge on any atom is 0.229 e. The van der Waals surface area contributed by atoms with Crippen molar-refractivity contribution < 1.29 is 26.7 Å². The number of fused-ring (bicyclic) bond motifs is 1. The Hall–Kier alpha value is -2.59. The van der Waals surface area contributed by atoms with Crippen molar-refractivity contribution in [3.05, 3.63) is 41.7 Å². The Bertz CT molecular complexity index is 1160. The number of hydrogen-bond acceptors (Lipinski definition) is 6. The number of Topliss-reactive ketones (excluding diaryl/α,β-unsaturated/α-hetero) is 1. The van der Waals surface area contributed by atoms with Crippen LogP contribution in [0.15, 0.2) is 36.1 Å². The van der Waals surface area contributed by atoms with Crippen LogP contribution in [0.25, 0.3) is 16.3 Å². The number of aliphatic hydroxyl groups excluding tert-OH is 1. The van der Waals surface area contributed by atoms with Gasteiger partial charge in [-0.15, -0.1) is 0 Å². The number of hydrogen-bond donors (Lipinski definition) is 3. The number of allylic oxidation sites excluding steroid dienone is 2. The molecule has 0 aliphatic rings. The van der Waals surface area contributed by atoms with Gasteiger partial charge in [0.15, 0.2) is 5.78 Å². The van der Waals surface area contributed by atoms with Crippen LogP contribution in [-0.4, -0.2) is 40.2 Å². The number of carbonyl (C=O) groups is 1. The van der Waals surface area contributed by atoms with E-state index in [-0.39, 0.29) is 28.3 Å². The molecule has 2 aromatic carbocycles. The van der Waals surface area contributed by atoms with Crippen LogP contribution in [0.4, 0.5) is 11.4 Å². The van der Waals surface area contributed by atoms with Crippen molar-refractivity contribution in [2.45, 2.75) is 13.8 Å². The van der Waals surface area contributed by atoms with E-state index in [1.165, 1.54) is 19.9 Å². The smallest absolute Gasteiger partial charge is 0.229 e. The molecule has 146 valence electrons. The van der Waals surface area contributed by atoms with E-state index >= 15 is 0 Å². The molecule has 0 saturated carbocycles. The molecule has 0 heterocycles. The lowest BCUT2D eigenvalue weighted by atomic mass is 9.94. The van der Waals surface area contributed by atoms with Crippen LogP contribution in [0.5, 0.6) is 0 Å². The highest BCUT2D eigenvalue weighted by molar-refractivity contribution is 7.92. The largest absolute Gasteiger partial charge is 0.512 e. The first kappa shape index (κ1) is 20.7. The lowest BCUT2D eigenvalue weighted by Gasteiger charge is -2.19. The van der Waals surface area contributed by atoms with E-state index in [1.54, 1.807) is 24.3 Å². The summed E-state index contributed by atoms with van der Waals surface area (Å²) in [4.78, 5) is 12.1. The number of benzene rings is 2. The van der Waals surface area contributed by atoms with E-state index in [2.05, 4.69) is 9.44 Å². The second-order valence-electron chi connectivity index (χ2n) is 6.16. The van der Waals surface area contributed by atoms with Gasteiger partial charge in [-0.3, -0.25) is 14.2 Å². The minimum absolute atomic E-state index is 0.0674. The van der Waals surface area contributed by atoms with Crippen molar-refractivity contribution in [3.8, 4) is 0 Å². The van der Waals surface area contributed by atoms with Gasteiger partial charge in [-0.1, -0.05) is 24.3 Å². The number of ketones is 1. The molecule has 0 fully saturated rings. The number of sulfonamides is 2. The third-order valence-electron chi connectivity index (χ3n) is 3.61. The predicted molar refractivity (Wildman–Crippen MR) is 107 cm³/mol. The number of carbonyl (C=O) groups excluding carboxylic acids is 1. The van der Waals surface area contributed by atoms with Gasteiger partial charge in [0, 0.05) is 16.3 Å². The maximum atomic E-state index is 12.1. The van der Waals surface area contributed by atoms with Gasteiger partial charge in [0.05, 0.1) is 29.5 Å². The number of nitrogens with one attached hydrogen (secondary N) is 2. The van der Waals surface area contributed by atoms with E-state index in [1.807, 2.05) is 0 Å². The first-order valence-corrected chi connectivity index (χ1v) is 11.5. The Balaban J connectivity index is 3.03. The second kappa shape index (κ2) is 7.20. The molecule has 0 bridgehead atoms. The van der Waals surface area contributed by atoms with Crippen molar-refractivity contribution in [3.63, 3.8) is 0 Å². The highest BCUT2D eigenvalue weighted by Gasteiger charge is 2.22. The van der Waals surface area contributed by atoms with Crippen LogP contribution >= 0.6 is 0 Å². The van der Waals surface area contributed by atoms with Crippen LogP contribution in [-0.2, 0) is 24.8 Å². The predicted octanol–water partition coefficient (Wildman–Crippen LogP) is 2.46. The molecule has 0 radical (unpaired) electrons. The highest BCUT2D eigenvalue weighted by atomic mass is 32.2. The van der Waals surface area contributed by atoms with Crippen molar-refractivity contribution >= 4 is 53.6 Å². The molecular weight excluding hydrogens is 392 g/mol. The van der Waals surface area contributed by atoms with Gasteiger partial charge in [-0.2, -0.15) is 0 Å². The van der Waals surface area contributed by atoms with Gasteiger partial charge in [-0.25, -0.2) is 16.8 Å². The summed E-state index contributed by atoms with van der Waals surface area (Å²) in [6.07, 6.45) is 1.93. The van der Waals surface area contributed by atoms with E-state index in [4.69, 9.17) is 0 Å². The molecule has 0 amide bonds. The number of aliphatic hydroxyl groups is 1. The Labute approximate surface area is 158 Å². The standard InChI is InChI=1S/C17H20N2O6S2/c1-10(20)16(11(2)21)14-9-15(18-26(3,22)23)12-7-5-6-8-13(12)17(14)19-27(4,24)25/h5-9,18-20H,1-4H3/b16-10-. The Kier molecular flexibility index (Phi) is 5.52. The first-order valence-electron chi connectivity index (χ1n) is 7.72. The summed E-state index contributed by atoms with van der Waals surface area (Å²) < 4.78 is 52.0. The topological polar surface area (TPSA) is 130 Å². The number of anilines is 2. The number of rotatable bonds is 6. The Morgan fingerprint density at radius 1 is 0.926 bits per heavy atom. The zero-order chi connectivity index (χ0) is 20.6. The van der Waals surface area contributed by atoms with Gasteiger partial charge in [0.1, 0.15) is 5.76 Å². The molecular formula is C17H20N2O6S2. The van der Waals surface area contributed by atoms with Crippen molar-refractivity contribution in [1.29, 1.82) is 0 Å². The van der Waals surface area contributed by atoms with Crippen LogP contribution in [0.2, 0.25) is 0 Å². The van der Waals surface area contributed by atoms with Crippen molar-refractivity contribution in [2.75, 3.05) is 22.0 Å². The van der Waals surface area contributed by atoms with Crippen LogP contribution in [0, 0.1) is 0 Å². The minimum Gasteiger partial charge on any atom is -0.512 e. The quantitative estimate of drug-likeness (QED) is 0.494. The van der Waals surface area contributed by atoms with Gasteiger partial charge in [0.2, 0.25) is 20.0 Å². The molecule has 0 spiro atoms. The van der Waals surface area contributed by atoms with E-state index in [0.717, 1.165) is 12.5 Å². The summed E-state index contributed by atoms with van der Waals surface area (Å²) >= 11 is 0. The van der Waals surface area contributed by atoms with Crippen LogP contribution < -0.4 is 9.44 Å². The molecule has 10 heteroatoms. The first-order chi connectivity index (χ1) is 12.3. The van der Waals surface area contributed by atoms with Crippen LogP contribution in [0.3, 0.4) is 0 Å². The molecule has 0 unspecified atom stereocenters. The Morgan fingerprint density at radius 2 is 1.44 bits per heavy atom. The zero-order valence-electron chi connectivity index (χ0n) is 15.2. The van der Waals surface area contributed by atoms with Crippen molar-refractivity contribution in [2.24, 2.45) is 0 Å². The van der Waals surface area contributed by atoms with E-state index < -0.39 is 25.8 Å². The van der Waals surface area contributed by atoms with E-state index in [9.17, 15) is 26.7 Å². The fourth-order valence-corrected chi connectivity index (χ4v) is 3.95. The highest BCUT2D eigenvalue weighted by Crippen LogP contribution is 2.39. The van der Waals surface area contributed by atoms with Crippen molar-refractivity contribution in [1.82, 2.24) is 0 Å². The summed E-state index contributed by atoms with van der Waals surface area (Å²) in [6, 6.07) is 7.84.